The SMILES string of the molecule is COC(=O)c1cccc(C2C(C#N)=C(N)Oc3c2ccc2ncccc32)c1. The molecule has 1 aliphatic rings. The summed E-state index contributed by atoms with van der Waals surface area (Å²) in [6, 6.07) is 16.6. The maximum absolute atomic E-state index is 11.9. The molecule has 0 bridgehead atoms. The molecule has 3 aromatic rings. The van der Waals surface area contributed by atoms with Crippen LogP contribution in [-0.4, -0.2) is 18.1 Å². The van der Waals surface area contributed by atoms with Crippen LogP contribution in [-0.2, 0) is 4.74 Å². The topological polar surface area (TPSA) is 98.2 Å². The Hall–Kier alpha value is -3.85. The van der Waals surface area contributed by atoms with Crippen LogP contribution in [0, 0.1) is 11.3 Å². The normalized spacial score (nSPS) is 15.6. The summed E-state index contributed by atoms with van der Waals surface area (Å²) in [5.74, 6) is -0.268. The number of aromatic nitrogens is 1. The highest BCUT2D eigenvalue weighted by atomic mass is 16.5. The average Bonchev–Trinajstić information content (AvgIpc) is 2.72. The maximum atomic E-state index is 11.9. The fourth-order valence-corrected chi connectivity index (χ4v) is 3.38. The van der Waals surface area contributed by atoms with Gasteiger partial charge < -0.3 is 15.2 Å². The predicted octanol–water partition coefficient (Wildman–Crippen LogP) is 3.24. The van der Waals surface area contributed by atoms with E-state index in [1.54, 1.807) is 24.4 Å². The molecule has 2 heterocycles. The molecule has 6 nitrogen and oxygen atoms in total. The number of nitriles is 1. The number of fused-ring (bicyclic) bond motifs is 3. The molecule has 6 heteroatoms. The van der Waals surface area contributed by atoms with Crippen LogP contribution in [0.15, 0.2) is 66.2 Å². The van der Waals surface area contributed by atoms with Crippen molar-refractivity contribution in [2.24, 2.45) is 5.73 Å². The lowest BCUT2D eigenvalue weighted by Gasteiger charge is -2.27. The number of pyridine rings is 1. The fourth-order valence-electron chi connectivity index (χ4n) is 3.38. The Kier molecular flexibility index (Phi) is 3.98. The summed E-state index contributed by atoms with van der Waals surface area (Å²) in [5, 5.41) is 10.5. The van der Waals surface area contributed by atoms with E-state index in [-0.39, 0.29) is 5.88 Å². The smallest absolute Gasteiger partial charge is 0.337 e. The first kappa shape index (κ1) is 16.6. The number of ether oxygens (including phenoxy) is 2. The number of esters is 1. The zero-order valence-electron chi connectivity index (χ0n) is 14.5. The molecule has 0 fully saturated rings. The van der Waals surface area contributed by atoms with Gasteiger partial charge >= 0.3 is 5.97 Å². The third kappa shape index (κ3) is 2.66. The first-order valence-corrected chi connectivity index (χ1v) is 8.27. The van der Waals surface area contributed by atoms with E-state index < -0.39 is 11.9 Å². The van der Waals surface area contributed by atoms with E-state index in [4.69, 9.17) is 15.2 Å². The number of carbonyl (C=O) groups is 1. The van der Waals surface area contributed by atoms with Crippen LogP contribution >= 0.6 is 0 Å². The van der Waals surface area contributed by atoms with E-state index in [1.165, 1.54) is 7.11 Å². The van der Waals surface area contributed by atoms with Crippen molar-refractivity contribution < 1.29 is 14.3 Å². The van der Waals surface area contributed by atoms with Crippen molar-refractivity contribution in [1.82, 2.24) is 4.98 Å². The molecular weight excluding hydrogens is 342 g/mol. The maximum Gasteiger partial charge on any atom is 0.337 e. The van der Waals surface area contributed by atoms with Crippen LogP contribution in [0.25, 0.3) is 10.9 Å². The Morgan fingerprint density at radius 3 is 2.89 bits per heavy atom. The number of allylic oxidation sites excluding steroid dienone is 1. The molecule has 0 spiro atoms. The highest BCUT2D eigenvalue weighted by Gasteiger charge is 2.32. The number of methoxy groups -OCH3 is 1. The van der Waals surface area contributed by atoms with Gasteiger partial charge in [-0.2, -0.15) is 5.26 Å². The second-order valence-corrected chi connectivity index (χ2v) is 6.10. The summed E-state index contributed by atoms with van der Waals surface area (Å²) in [6.45, 7) is 0. The van der Waals surface area contributed by atoms with E-state index in [9.17, 15) is 10.1 Å². The van der Waals surface area contributed by atoms with Crippen molar-refractivity contribution >= 4 is 16.9 Å². The quantitative estimate of drug-likeness (QED) is 0.707. The molecule has 2 aromatic carbocycles. The van der Waals surface area contributed by atoms with Gasteiger partial charge in [0.1, 0.15) is 17.4 Å². The van der Waals surface area contributed by atoms with Gasteiger partial charge in [-0.15, -0.1) is 0 Å². The molecule has 1 unspecified atom stereocenters. The van der Waals surface area contributed by atoms with Gasteiger partial charge in [0, 0.05) is 17.1 Å². The van der Waals surface area contributed by atoms with Crippen LogP contribution in [0.1, 0.15) is 27.4 Å². The van der Waals surface area contributed by atoms with Crippen LogP contribution < -0.4 is 10.5 Å². The molecule has 0 amide bonds. The minimum atomic E-state index is -0.451. The lowest BCUT2D eigenvalue weighted by molar-refractivity contribution is 0.0600. The van der Waals surface area contributed by atoms with Crippen molar-refractivity contribution in [2.45, 2.75) is 5.92 Å². The third-order valence-corrected chi connectivity index (χ3v) is 4.60. The van der Waals surface area contributed by atoms with Crippen molar-refractivity contribution in [3.05, 3.63) is 82.9 Å². The van der Waals surface area contributed by atoms with Crippen LogP contribution in [0.3, 0.4) is 0 Å². The molecule has 2 N–H and O–H groups in total. The monoisotopic (exact) mass is 357 g/mol. The van der Waals surface area contributed by atoms with E-state index >= 15 is 0 Å². The fraction of sp³-hybridized carbons (Fsp3) is 0.0952. The lowest BCUT2D eigenvalue weighted by atomic mass is 9.82. The summed E-state index contributed by atoms with van der Waals surface area (Å²) in [6.07, 6.45) is 1.70. The molecule has 132 valence electrons. The van der Waals surface area contributed by atoms with Crippen molar-refractivity contribution in [1.29, 1.82) is 5.26 Å². The molecule has 0 radical (unpaired) electrons. The molecule has 0 aliphatic carbocycles. The van der Waals surface area contributed by atoms with Crippen molar-refractivity contribution in [3.8, 4) is 11.8 Å². The number of hydrogen-bond donors (Lipinski definition) is 1. The van der Waals surface area contributed by atoms with Gasteiger partial charge in [0.25, 0.3) is 0 Å². The van der Waals surface area contributed by atoms with Gasteiger partial charge in [-0.1, -0.05) is 18.2 Å². The van der Waals surface area contributed by atoms with Crippen molar-refractivity contribution in [3.63, 3.8) is 0 Å². The molecular formula is C21H15N3O3. The van der Waals surface area contributed by atoms with Gasteiger partial charge in [-0.25, -0.2) is 4.79 Å². The lowest BCUT2D eigenvalue weighted by Crippen LogP contribution is -2.21. The van der Waals surface area contributed by atoms with Crippen LogP contribution in [0.2, 0.25) is 0 Å². The zero-order chi connectivity index (χ0) is 19.0. The highest BCUT2D eigenvalue weighted by Crippen LogP contribution is 2.45. The first-order valence-electron chi connectivity index (χ1n) is 8.27. The Morgan fingerprint density at radius 2 is 2.11 bits per heavy atom. The van der Waals surface area contributed by atoms with E-state index in [0.717, 1.165) is 22.0 Å². The largest absolute Gasteiger partial charge is 0.465 e. The second-order valence-electron chi connectivity index (χ2n) is 6.10. The third-order valence-electron chi connectivity index (χ3n) is 4.60. The van der Waals surface area contributed by atoms with Gasteiger partial charge in [-0.3, -0.25) is 4.98 Å². The summed E-state index contributed by atoms with van der Waals surface area (Å²) >= 11 is 0. The molecule has 0 saturated carbocycles. The Bertz CT molecular complexity index is 1140. The number of carbonyl (C=O) groups excluding carboxylic acids is 1. The molecule has 4 rings (SSSR count). The number of nitrogens with zero attached hydrogens (tertiary/aromatic N) is 2. The van der Waals surface area contributed by atoms with Crippen LogP contribution in [0.4, 0.5) is 0 Å². The van der Waals surface area contributed by atoms with Gasteiger partial charge in [0.2, 0.25) is 5.88 Å². The molecule has 1 aliphatic heterocycles. The van der Waals surface area contributed by atoms with Gasteiger partial charge in [-0.05, 0) is 35.9 Å². The number of nitrogens with two attached hydrogens (primary N) is 1. The Balaban J connectivity index is 1.96. The van der Waals surface area contributed by atoms with Gasteiger partial charge in [0.15, 0.2) is 0 Å². The average molecular weight is 357 g/mol. The summed E-state index contributed by atoms with van der Waals surface area (Å²) < 4.78 is 10.6. The second kappa shape index (κ2) is 6.46. The summed E-state index contributed by atoms with van der Waals surface area (Å²) in [7, 11) is 1.33. The number of rotatable bonds is 2. The summed E-state index contributed by atoms with van der Waals surface area (Å²) in [4.78, 5) is 16.3. The highest BCUT2D eigenvalue weighted by molar-refractivity contribution is 5.90. The summed E-state index contributed by atoms with van der Waals surface area (Å²) in [5.41, 5.74) is 9.09. The molecule has 0 saturated heterocycles. The van der Waals surface area contributed by atoms with E-state index in [2.05, 4.69) is 11.1 Å². The number of benzene rings is 2. The minimum Gasteiger partial charge on any atom is -0.465 e. The standard InChI is InChI=1S/C21H15N3O3/c1-26-21(25)13-5-2-4-12(10-13)18-15-7-8-17-14(6-3-9-24-17)19(15)27-20(23)16(18)11-22/h2-10,18H,23H2,1H3. The molecule has 1 atom stereocenters. The molecule has 1 aromatic heterocycles. The first-order chi connectivity index (χ1) is 13.1. The van der Waals surface area contributed by atoms with E-state index in [1.807, 2.05) is 30.3 Å². The Morgan fingerprint density at radius 1 is 1.26 bits per heavy atom. The molecule has 27 heavy (non-hydrogen) atoms. The number of hydrogen-bond acceptors (Lipinski definition) is 6. The van der Waals surface area contributed by atoms with Crippen LogP contribution in [0.5, 0.6) is 5.75 Å². The van der Waals surface area contributed by atoms with Crippen molar-refractivity contribution in [2.75, 3.05) is 7.11 Å². The van der Waals surface area contributed by atoms with E-state index in [0.29, 0.717) is 16.9 Å². The van der Waals surface area contributed by atoms with Gasteiger partial charge in [0.05, 0.1) is 24.1 Å². The minimum absolute atomic E-state index is 0.0508. The Labute approximate surface area is 155 Å². The zero-order valence-corrected chi connectivity index (χ0v) is 14.5. The predicted molar refractivity (Wildman–Crippen MR) is 98.8 cm³/mol.